The molecular formula is C19H30N2O3S. The fourth-order valence-corrected chi connectivity index (χ4v) is 4.31. The standard InChI is InChI=1S/C19H30N2O3S/c1-7-13(8-2)16(22)20-17-12(3)14-9-10-21(11-15(14)25-17)18(23)24-19(4,5)6/h13H,7-11H2,1-6H3,(H,20,22). The Morgan fingerprint density at radius 3 is 2.48 bits per heavy atom. The summed E-state index contributed by atoms with van der Waals surface area (Å²) in [5, 5.41) is 4.02. The third-order valence-corrected chi connectivity index (χ3v) is 5.80. The largest absolute Gasteiger partial charge is 0.444 e. The molecule has 0 radical (unpaired) electrons. The molecule has 0 saturated carbocycles. The number of nitrogens with one attached hydrogen (secondary N) is 1. The fourth-order valence-electron chi connectivity index (χ4n) is 3.04. The molecule has 0 bridgehead atoms. The second-order valence-corrected chi connectivity index (χ2v) is 8.72. The molecule has 1 aromatic rings. The van der Waals surface area contributed by atoms with Crippen molar-refractivity contribution in [1.29, 1.82) is 0 Å². The number of carbonyl (C=O) groups is 2. The molecule has 0 spiro atoms. The Balaban J connectivity index is 2.11. The van der Waals surface area contributed by atoms with Crippen LogP contribution in [0.25, 0.3) is 0 Å². The van der Waals surface area contributed by atoms with Gasteiger partial charge in [-0.1, -0.05) is 13.8 Å². The summed E-state index contributed by atoms with van der Waals surface area (Å²) in [5.74, 6) is 0.146. The van der Waals surface area contributed by atoms with E-state index >= 15 is 0 Å². The van der Waals surface area contributed by atoms with Gasteiger partial charge in [-0.2, -0.15) is 0 Å². The average molecular weight is 367 g/mol. The van der Waals surface area contributed by atoms with Crippen LogP contribution in [0.1, 0.15) is 63.5 Å². The number of carbonyl (C=O) groups excluding carboxylic acids is 2. The summed E-state index contributed by atoms with van der Waals surface area (Å²) in [7, 11) is 0. The van der Waals surface area contributed by atoms with E-state index in [2.05, 4.69) is 12.2 Å². The Hall–Kier alpha value is -1.56. The SMILES string of the molecule is CCC(CC)C(=O)Nc1sc2c(c1C)CCN(C(=O)OC(C)(C)C)C2. The van der Waals surface area contributed by atoms with Gasteiger partial charge in [0.05, 0.1) is 11.5 Å². The van der Waals surface area contributed by atoms with Crippen molar-refractivity contribution in [1.82, 2.24) is 4.90 Å². The molecule has 2 amide bonds. The molecule has 1 N–H and O–H groups in total. The molecule has 0 aromatic carbocycles. The zero-order valence-electron chi connectivity index (χ0n) is 16.2. The number of fused-ring (bicyclic) bond motifs is 1. The van der Waals surface area contributed by atoms with Crippen LogP contribution in [0.4, 0.5) is 9.80 Å². The molecule has 0 aliphatic carbocycles. The van der Waals surface area contributed by atoms with Gasteiger partial charge in [0, 0.05) is 17.3 Å². The van der Waals surface area contributed by atoms with Crippen molar-refractivity contribution in [2.24, 2.45) is 5.92 Å². The third kappa shape index (κ3) is 4.75. The number of nitrogens with zero attached hydrogens (tertiary/aromatic N) is 1. The third-order valence-electron chi connectivity index (χ3n) is 4.57. The van der Waals surface area contributed by atoms with Crippen LogP contribution in [-0.4, -0.2) is 29.0 Å². The summed E-state index contributed by atoms with van der Waals surface area (Å²) in [5.41, 5.74) is 1.92. The van der Waals surface area contributed by atoms with Gasteiger partial charge in [-0.25, -0.2) is 4.79 Å². The minimum absolute atomic E-state index is 0.0526. The summed E-state index contributed by atoms with van der Waals surface area (Å²) in [6.45, 7) is 13.0. The van der Waals surface area contributed by atoms with Gasteiger partial charge >= 0.3 is 6.09 Å². The first-order chi connectivity index (χ1) is 11.7. The van der Waals surface area contributed by atoms with Crippen LogP contribution in [0, 0.1) is 12.8 Å². The van der Waals surface area contributed by atoms with Crippen molar-refractivity contribution in [3.05, 3.63) is 16.0 Å². The van der Waals surface area contributed by atoms with E-state index in [4.69, 9.17) is 4.74 Å². The number of thiophene rings is 1. The predicted octanol–water partition coefficient (Wildman–Crippen LogP) is 4.72. The Bertz CT molecular complexity index is 642. The highest BCUT2D eigenvalue weighted by Crippen LogP contribution is 2.37. The van der Waals surface area contributed by atoms with E-state index in [-0.39, 0.29) is 17.9 Å². The molecule has 6 heteroatoms. The normalized spacial score (nSPS) is 14.4. The maximum absolute atomic E-state index is 12.4. The number of hydrogen-bond donors (Lipinski definition) is 1. The number of hydrogen-bond acceptors (Lipinski definition) is 4. The monoisotopic (exact) mass is 366 g/mol. The second-order valence-electron chi connectivity index (χ2n) is 7.61. The second kappa shape index (κ2) is 7.77. The lowest BCUT2D eigenvalue weighted by Crippen LogP contribution is -2.39. The van der Waals surface area contributed by atoms with Gasteiger partial charge in [-0.3, -0.25) is 4.79 Å². The number of ether oxygens (including phenoxy) is 1. The highest BCUT2D eigenvalue weighted by Gasteiger charge is 2.29. The lowest BCUT2D eigenvalue weighted by molar-refractivity contribution is -0.120. The highest BCUT2D eigenvalue weighted by molar-refractivity contribution is 7.16. The van der Waals surface area contributed by atoms with Crippen LogP contribution < -0.4 is 5.32 Å². The molecular weight excluding hydrogens is 336 g/mol. The van der Waals surface area contributed by atoms with Gasteiger partial charge in [0.25, 0.3) is 0 Å². The van der Waals surface area contributed by atoms with Crippen LogP contribution >= 0.6 is 11.3 Å². The maximum Gasteiger partial charge on any atom is 0.410 e. The zero-order chi connectivity index (χ0) is 18.8. The lowest BCUT2D eigenvalue weighted by atomic mass is 10.0. The Morgan fingerprint density at radius 2 is 1.92 bits per heavy atom. The molecule has 25 heavy (non-hydrogen) atoms. The summed E-state index contributed by atoms with van der Waals surface area (Å²) < 4.78 is 5.48. The molecule has 140 valence electrons. The lowest BCUT2D eigenvalue weighted by Gasteiger charge is -2.30. The minimum atomic E-state index is -0.489. The van der Waals surface area contributed by atoms with E-state index in [0.717, 1.165) is 34.7 Å². The Morgan fingerprint density at radius 1 is 1.28 bits per heavy atom. The van der Waals surface area contributed by atoms with Crippen molar-refractivity contribution in [2.75, 3.05) is 11.9 Å². The highest BCUT2D eigenvalue weighted by atomic mass is 32.1. The predicted molar refractivity (Wildman–Crippen MR) is 102 cm³/mol. The van der Waals surface area contributed by atoms with Crippen molar-refractivity contribution >= 4 is 28.3 Å². The van der Waals surface area contributed by atoms with Crippen molar-refractivity contribution in [3.8, 4) is 0 Å². The first-order valence-electron chi connectivity index (χ1n) is 9.06. The van der Waals surface area contributed by atoms with Crippen LogP contribution in [0.15, 0.2) is 0 Å². The Kier molecular flexibility index (Phi) is 6.14. The topological polar surface area (TPSA) is 58.6 Å². The van der Waals surface area contributed by atoms with Crippen molar-refractivity contribution in [2.45, 2.75) is 73.0 Å². The molecule has 5 nitrogen and oxygen atoms in total. The van der Waals surface area contributed by atoms with Gasteiger partial charge in [-0.15, -0.1) is 11.3 Å². The minimum Gasteiger partial charge on any atom is -0.444 e. The number of rotatable bonds is 4. The number of amides is 2. The van der Waals surface area contributed by atoms with Crippen LogP contribution in [0.5, 0.6) is 0 Å². The maximum atomic E-state index is 12.4. The van der Waals surface area contributed by atoms with Gasteiger partial charge < -0.3 is 15.0 Å². The van der Waals surface area contributed by atoms with Crippen LogP contribution in [0.2, 0.25) is 0 Å². The Labute approximate surface area is 154 Å². The first-order valence-corrected chi connectivity index (χ1v) is 9.87. The molecule has 2 rings (SSSR count). The van der Waals surface area contributed by atoms with E-state index in [9.17, 15) is 9.59 Å². The fraction of sp³-hybridized carbons (Fsp3) is 0.684. The van der Waals surface area contributed by atoms with Gasteiger partial charge in [-0.05, 0) is 58.1 Å². The quantitative estimate of drug-likeness (QED) is 0.838. The molecule has 0 fully saturated rings. The molecule has 1 aliphatic heterocycles. The molecule has 0 unspecified atom stereocenters. The van der Waals surface area contributed by atoms with Crippen molar-refractivity contribution in [3.63, 3.8) is 0 Å². The molecule has 1 aliphatic rings. The number of anilines is 1. The van der Waals surface area contributed by atoms with E-state index in [1.54, 1.807) is 16.2 Å². The van der Waals surface area contributed by atoms with E-state index in [1.807, 2.05) is 34.6 Å². The summed E-state index contributed by atoms with van der Waals surface area (Å²) in [6, 6.07) is 0. The van der Waals surface area contributed by atoms with E-state index in [1.165, 1.54) is 5.56 Å². The summed E-state index contributed by atoms with van der Waals surface area (Å²) >= 11 is 1.59. The smallest absolute Gasteiger partial charge is 0.410 e. The van der Waals surface area contributed by atoms with E-state index < -0.39 is 5.60 Å². The van der Waals surface area contributed by atoms with E-state index in [0.29, 0.717) is 13.1 Å². The van der Waals surface area contributed by atoms with Gasteiger partial charge in [0.15, 0.2) is 0 Å². The molecule has 1 aromatic heterocycles. The summed E-state index contributed by atoms with van der Waals surface area (Å²) in [6.07, 6.45) is 2.22. The van der Waals surface area contributed by atoms with Crippen LogP contribution in [0.3, 0.4) is 0 Å². The zero-order valence-corrected chi connectivity index (χ0v) is 17.0. The first kappa shape index (κ1) is 19.8. The molecule has 0 saturated heterocycles. The molecule has 2 heterocycles. The van der Waals surface area contributed by atoms with Crippen LogP contribution in [-0.2, 0) is 22.5 Å². The summed E-state index contributed by atoms with van der Waals surface area (Å²) in [4.78, 5) is 27.6. The van der Waals surface area contributed by atoms with Gasteiger partial charge in [0.2, 0.25) is 5.91 Å². The van der Waals surface area contributed by atoms with Crippen molar-refractivity contribution < 1.29 is 14.3 Å². The van der Waals surface area contributed by atoms with Gasteiger partial charge in [0.1, 0.15) is 5.60 Å². The average Bonchev–Trinajstić information content (AvgIpc) is 2.82. The molecule has 0 atom stereocenters.